The summed E-state index contributed by atoms with van der Waals surface area (Å²) in [4.78, 5) is 0. The van der Waals surface area contributed by atoms with Crippen molar-refractivity contribution in [2.24, 2.45) is 0 Å². The van der Waals surface area contributed by atoms with Crippen molar-refractivity contribution in [1.82, 2.24) is 5.32 Å². The highest BCUT2D eigenvalue weighted by Gasteiger charge is 2.31. The SMILES string of the molecule is COc1ccc(C2(O)CCNCC2)cc1OC. The number of ether oxygens (including phenoxy) is 2. The molecule has 4 heteroatoms. The van der Waals surface area contributed by atoms with Gasteiger partial charge < -0.3 is 19.9 Å². The molecule has 0 atom stereocenters. The van der Waals surface area contributed by atoms with Crippen molar-refractivity contribution in [2.75, 3.05) is 27.3 Å². The lowest BCUT2D eigenvalue weighted by Crippen LogP contribution is -2.39. The molecule has 94 valence electrons. The zero-order valence-electron chi connectivity index (χ0n) is 10.3. The van der Waals surface area contributed by atoms with Crippen LogP contribution in [0.15, 0.2) is 18.2 Å². The number of hydrogen-bond donors (Lipinski definition) is 2. The highest BCUT2D eigenvalue weighted by molar-refractivity contribution is 5.44. The number of piperidine rings is 1. The molecular weight excluding hydrogens is 218 g/mol. The normalized spacial score (nSPS) is 18.8. The molecule has 1 aromatic rings. The third kappa shape index (κ3) is 2.37. The molecule has 0 saturated carbocycles. The molecule has 1 aliphatic rings. The average Bonchev–Trinajstić information content (AvgIpc) is 2.38. The van der Waals surface area contributed by atoms with E-state index in [0.29, 0.717) is 11.5 Å². The van der Waals surface area contributed by atoms with Gasteiger partial charge in [0.2, 0.25) is 0 Å². The van der Waals surface area contributed by atoms with Gasteiger partial charge in [0.1, 0.15) is 0 Å². The van der Waals surface area contributed by atoms with E-state index in [4.69, 9.17) is 9.47 Å². The first-order valence-electron chi connectivity index (χ1n) is 5.85. The standard InChI is InChI=1S/C13H19NO3/c1-16-11-4-3-10(9-12(11)17-2)13(15)5-7-14-8-6-13/h3-4,9,14-15H,5-8H2,1-2H3. The lowest BCUT2D eigenvalue weighted by molar-refractivity contribution is 0.00572. The molecule has 1 saturated heterocycles. The minimum Gasteiger partial charge on any atom is -0.493 e. The molecule has 0 radical (unpaired) electrons. The molecule has 0 aliphatic carbocycles. The number of methoxy groups -OCH3 is 2. The zero-order valence-corrected chi connectivity index (χ0v) is 10.3. The second-order valence-corrected chi connectivity index (χ2v) is 4.35. The van der Waals surface area contributed by atoms with Gasteiger partial charge in [-0.2, -0.15) is 0 Å². The van der Waals surface area contributed by atoms with E-state index in [1.54, 1.807) is 14.2 Å². The van der Waals surface area contributed by atoms with Gasteiger partial charge in [-0.1, -0.05) is 6.07 Å². The van der Waals surface area contributed by atoms with E-state index in [1.807, 2.05) is 18.2 Å². The van der Waals surface area contributed by atoms with Crippen LogP contribution in [-0.2, 0) is 5.60 Å². The summed E-state index contributed by atoms with van der Waals surface area (Å²) in [5.74, 6) is 1.35. The summed E-state index contributed by atoms with van der Waals surface area (Å²) < 4.78 is 10.5. The first-order valence-corrected chi connectivity index (χ1v) is 5.85. The second-order valence-electron chi connectivity index (χ2n) is 4.35. The third-order valence-electron chi connectivity index (χ3n) is 3.35. The van der Waals surface area contributed by atoms with Crippen LogP contribution in [0.25, 0.3) is 0 Å². The predicted octanol–water partition coefficient (Wildman–Crippen LogP) is 1.27. The summed E-state index contributed by atoms with van der Waals surface area (Å²) in [5, 5.41) is 13.8. The Morgan fingerprint density at radius 1 is 1.12 bits per heavy atom. The van der Waals surface area contributed by atoms with E-state index in [9.17, 15) is 5.11 Å². The van der Waals surface area contributed by atoms with E-state index in [1.165, 1.54) is 0 Å². The van der Waals surface area contributed by atoms with Crippen LogP contribution in [0.3, 0.4) is 0 Å². The van der Waals surface area contributed by atoms with Crippen molar-refractivity contribution in [3.8, 4) is 11.5 Å². The summed E-state index contributed by atoms with van der Waals surface area (Å²) in [6.07, 6.45) is 1.45. The lowest BCUT2D eigenvalue weighted by Gasteiger charge is -2.33. The quantitative estimate of drug-likeness (QED) is 0.831. The van der Waals surface area contributed by atoms with Crippen molar-refractivity contribution in [1.29, 1.82) is 0 Å². The molecule has 0 unspecified atom stereocenters. The molecular formula is C13H19NO3. The van der Waals surface area contributed by atoms with E-state index in [0.717, 1.165) is 31.5 Å². The lowest BCUT2D eigenvalue weighted by atomic mass is 9.85. The first kappa shape index (κ1) is 12.2. The van der Waals surface area contributed by atoms with Gasteiger partial charge in [0.15, 0.2) is 11.5 Å². The summed E-state index contributed by atoms with van der Waals surface area (Å²) in [5.41, 5.74) is 0.154. The van der Waals surface area contributed by atoms with Crippen LogP contribution in [0.2, 0.25) is 0 Å². The maximum atomic E-state index is 10.6. The van der Waals surface area contributed by atoms with Gasteiger partial charge in [-0.15, -0.1) is 0 Å². The molecule has 0 bridgehead atoms. The van der Waals surface area contributed by atoms with Crippen molar-refractivity contribution in [3.63, 3.8) is 0 Å². The Labute approximate surface area is 102 Å². The number of aliphatic hydroxyl groups is 1. The van der Waals surface area contributed by atoms with E-state index in [-0.39, 0.29) is 0 Å². The number of benzene rings is 1. The molecule has 2 rings (SSSR count). The molecule has 0 amide bonds. The van der Waals surface area contributed by atoms with Crippen LogP contribution in [0.4, 0.5) is 0 Å². The Hall–Kier alpha value is -1.26. The monoisotopic (exact) mass is 237 g/mol. The maximum absolute atomic E-state index is 10.6. The molecule has 17 heavy (non-hydrogen) atoms. The molecule has 0 spiro atoms. The van der Waals surface area contributed by atoms with Crippen molar-refractivity contribution in [3.05, 3.63) is 23.8 Å². The van der Waals surface area contributed by atoms with Crippen molar-refractivity contribution >= 4 is 0 Å². The molecule has 2 N–H and O–H groups in total. The topological polar surface area (TPSA) is 50.7 Å². The van der Waals surface area contributed by atoms with Crippen LogP contribution < -0.4 is 14.8 Å². The minimum atomic E-state index is -0.745. The van der Waals surface area contributed by atoms with Crippen molar-refractivity contribution < 1.29 is 14.6 Å². The largest absolute Gasteiger partial charge is 0.493 e. The van der Waals surface area contributed by atoms with Gasteiger partial charge in [0, 0.05) is 0 Å². The fourth-order valence-corrected chi connectivity index (χ4v) is 2.25. The van der Waals surface area contributed by atoms with Crippen LogP contribution in [0.5, 0.6) is 11.5 Å². The van der Waals surface area contributed by atoms with Crippen LogP contribution in [0, 0.1) is 0 Å². The average molecular weight is 237 g/mol. The van der Waals surface area contributed by atoms with Crippen LogP contribution in [0.1, 0.15) is 18.4 Å². The first-order chi connectivity index (χ1) is 8.19. The third-order valence-corrected chi connectivity index (χ3v) is 3.35. The highest BCUT2D eigenvalue weighted by Crippen LogP contribution is 2.36. The summed E-state index contributed by atoms with van der Waals surface area (Å²) in [7, 11) is 3.21. The fraction of sp³-hybridized carbons (Fsp3) is 0.538. The van der Waals surface area contributed by atoms with Gasteiger partial charge >= 0.3 is 0 Å². The molecule has 1 heterocycles. The summed E-state index contributed by atoms with van der Waals surface area (Å²) >= 11 is 0. The smallest absolute Gasteiger partial charge is 0.161 e. The van der Waals surface area contributed by atoms with Gasteiger partial charge in [-0.25, -0.2) is 0 Å². The number of hydrogen-bond acceptors (Lipinski definition) is 4. The number of rotatable bonds is 3. The predicted molar refractivity (Wildman–Crippen MR) is 65.5 cm³/mol. The van der Waals surface area contributed by atoms with Crippen molar-refractivity contribution in [2.45, 2.75) is 18.4 Å². The van der Waals surface area contributed by atoms with Gasteiger partial charge in [-0.05, 0) is 43.6 Å². The van der Waals surface area contributed by atoms with Gasteiger partial charge in [0.25, 0.3) is 0 Å². The van der Waals surface area contributed by atoms with E-state index in [2.05, 4.69) is 5.32 Å². The molecule has 1 aromatic carbocycles. The zero-order chi connectivity index (χ0) is 12.3. The Bertz CT molecular complexity index is 386. The Morgan fingerprint density at radius 3 is 2.35 bits per heavy atom. The second kappa shape index (κ2) is 4.94. The summed E-state index contributed by atoms with van der Waals surface area (Å²) in [6.45, 7) is 1.68. The fourth-order valence-electron chi connectivity index (χ4n) is 2.25. The summed E-state index contributed by atoms with van der Waals surface area (Å²) in [6, 6.07) is 5.62. The Kier molecular flexibility index (Phi) is 3.54. The maximum Gasteiger partial charge on any atom is 0.161 e. The Morgan fingerprint density at radius 2 is 1.76 bits per heavy atom. The molecule has 0 aromatic heterocycles. The van der Waals surface area contributed by atoms with Gasteiger partial charge in [-0.3, -0.25) is 0 Å². The van der Waals surface area contributed by atoms with Crippen LogP contribution >= 0.6 is 0 Å². The number of nitrogens with one attached hydrogen (secondary N) is 1. The van der Waals surface area contributed by atoms with E-state index < -0.39 is 5.60 Å². The Balaban J connectivity index is 2.32. The minimum absolute atomic E-state index is 0.664. The molecule has 4 nitrogen and oxygen atoms in total. The molecule has 1 fully saturated rings. The molecule has 1 aliphatic heterocycles. The highest BCUT2D eigenvalue weighted by atomic mass is 16.5. The van der Waals surface area contributed by atoms with Gasteiger partial charge in [0.05, 0.1) is 19.8 Å². The van der Waals surface area contributed by atoms with Crippen LogP contribution in [-0.4, -0.2) is 32.4 Å². The van der Waals surface area contributed by atoms with E-state index >= 15 is 0 Å².